The number of ether oxygens (including phenoxy) is 2. The van der Waals surface area contributed by atoms with E-state index in [0.717, 1.165) is 22.7 Å². The Kier molecular flexibility index (Phi) is 5.06. The second-order valence-corrected chi connectivity index (χ2v) is 4.93. The lowest BCUT2D eigenvalue weighted by molar-refractivity contribution is 0.395. The Balaban J connectivity index is 2.18. The molecule has 21 heavy (non-hydrogen) atoms. The average molecular weight is 286 g/mol. The highest BCUT2D eigenvalue weighted by atomic mass is 16.5. The molecule has 4 heteroatoms. The van der Waals surface area contributed by atoms with Crippen molar-refractivity contribution in [2.24, 2.45) is 5.73 Å². The topological polar surface area (TPSA) is 47.7 Å². The molecule has 1 unspecified atom stereocenters. The van der Waals surface area contributed by atoms with Gasteiger partial charge in [-0.15, -0.1) is 0 Å². The number of nitrogens with two attached hydrogens (primary N) is 1. The van der Waals surface area contributed by atoms with Gasteiger partial charge in [0, 0.05) is 24.8 Å². The van der Waals surface area contributed by atoms with E-state index >= 15 is 0 Å². The van der Waals surface area contributed by atoms with E-state index in [1.165, 1.54) is 0 Å². The van der Waals surface area contributed by atoms with Crippen LogP contribution in [0, 0.1) is 0 Å². The molecule has 1 atom stereocenters. The molecule has 0 amide bonds. The van der Waals surface area contributed by atoms with Crippen molar-refractivity contribution >= 4 is 5.69 Å². The van der Waals surface area contributed by atoms with Gasteiger partial charge in [-0.2, -0.15) is 0 Å². The summed E-state index contributed by atoms with van der Waals surface area (Å²) >= 11 is 0. The molecule has 2 rings (SSSR count). The van der Waals surface area contributed by atoms with E-state index in [2.05, 4.69) is 17.0 Å². The molecular weight excluding hydrogens is 264 g/mol. The smallest absolute Gasteiger partial charge is 0.123 e. The quantitative estimate of drug-likeness (QED) is 0.887. The fourth-order valence-corrected chi connectivity index (χ4v) is 2.31. The lowest BCUT2D eigenvalue weighted by Gasteiger charge is -2.25. The Labute approximate surface area is 126 Å². The van der Waals surface area contributed by atoms with Crippen molar-refractivity contribution in [2.75, 3.05) is 32.7 Å². The Hall–Kier alpha value is -2.20. The first-order valence-electron chi connectivity index (χ1n) is 6.89. The van der Waals surface area contributed by atoms with Crippen LogP contribution in [-0.4, -0.2) is 27.8 Å². The standard InChI is InChI=1S/C17H22N2O2/c1-19(13-7-5-4-6-8-13)12-16(18)15-11-14(20-2)9-10-17(15)21-3/h4-11,16H,12,18H2,1-3H3. The van der Waals surface area contributed by atoms with Crippen LogP contribution in [0.15, 0.2) is 48.5 Å². The van der Waals surface area contributed by atoms with Crippen molar-refractivity contribution in [1.29, 1.82) is 0 Å². The van der Waals surface area contributed by atoms with Gasteiger partial charge < -0.3 is 20.1 Å². The van der Waals surface area contributed by atoms with Gasteiger partial charge in [0.05, 0.1) is 20.3 Å². The van der Waals surface area contributed by atoms with Crippen LogP contribution in [0.25, 0.3) is 0 Å². The number of methoxy groups -OCH3 is 2. The zero-order valence-corrected chi connectivity index (χ0v) is 12.7. The second kappa shape index (κ2) is 6.99. The minimum atomic E-state index is -0.166. The number of likely N-dealkylation sites (N-methyl/N-ethyl adjacent to an activating group) is 1. The van der Waals surface area contributed by atoms with E-state index in [0.29, 0.717) is 6.54 Å². The molecule has 0 saturated heterocycles. The first-order chi connectivity index (χ1) is 10.2. The summed E-state index contributed by atoms with van der Waals surface area (Å²) in [6, 6.07) is 15.7. The number of nitrogens with zero attached hydrogens (tertiary/aromatic N) is 1. The maximum Gasteiger partial charge on any atom is 0.123 e. The van der Waals surface area contributed by atoms with Gasteiger partial charge in [-0.25, -0.2) is 0 Å². The minimum absolute atomic E-state index is 0.166. The minimum Gasteiger partial charge on any atom is -0.497 e. The maximum absolute atomic E-state index is 6.36. The van der Waals surface area contributed by atoms with Gasteiger partial charge in [0.25, 0.3) is 0 Å². The van der Waals surface area contributed by atoms with Gasteiger partial charge in [0.15, 0.2) is 0 Å². The van der Waals surface area contributed by atoms with E-state index in [-0.39, 0.29) is 6.04 Å². The number of para-hydroxylation sites is 1. The molecule has 2 N–H and O–H groups in total. The molecular formula is C17H22N2O2. The van der Waals surface area contributed by atoms with Crippen molar-refractivity contribution in [3.05, 3.63) is 54.1 Å². The summed E-state index contributed by atoms with van der Waals surface area (Å²) in [7, 11) is 5.33. The lowest BCUT2D eigenvalue weighted by atomic mass is 10.1. The van der Waals surface area contributed by atoms with Crippen LogP contribution in [0.4, 0.5) is 5.69 Å². The predicted molar refractivity (Wildman–Crippen MR) is 86.2 cm³/mol. The van der Waals surface area contributed by atoms with Gasteiger partial charge in [0.1, 0.15) is 11.5 Å². The van der Waals surface area contributed by atoms with E-state index in [4.69, 9.17) is 15.2 Å². The van der Waals surface area contributed by atoms with Crippen LogP contribution in [0.5, 0.6) is 11.5 Å². The predicted octanol–water partition coefficient (Wildman–Crippen LogP) is 2.84. The Morgan fingerprint density at radius 2 is 1.76 bits per heavy atom. The van der Waals surface area contributed by atoms with Crippen LogP contribution >= 0.6 is 0 Å². The molecule has 4 nitrogen and oxygen atoms in total. The summed E-state index contributed by atoms with van der Waals surface area (Å²) in [4.78, 5) is 2.13. The fourth-order valence-electron chi connectivity index (χ4n) is 2.31. The first kappa shape index (κ1) is 15.2. The maximum atomic E-state index is 6.36. The van der Waals surface area contributed by atoms with Gasteiger partial charge in [-0.05, 0) is 30.3 Å². The number of anilines is 1. The fraction of sp³-hybridized carbons (Fsp3) is 0.294. The van der Waals surface area contributed by atoms with Crippen molar-refractivity contribution < 1.29 is 9.47 Å². The molecule has 0 saturated carbocycles. The molecule has 2 aromatic carbocycles. The SMILES string of the molecule is COc1ccc(OC)c(C(N)CN(C)c2ccccc2)c1. The van der Waals surface area contributed by atoms with Crippen molar-refractivity contribution in [3.63, 3.8) is 0 Å². The highest BCUT2D eigenvalue weighted by molar-refractivity contribution is 5.47. The summed E-state index contributed by atoms with van der Waals surface area (Å²) in [6.45, 7) is 0.688. The highest BCUT2D eigenvalue weighted by Gasteiger charge is 2.15. The zero-order chi connectivity index (χ0) is 15.2. The largest absolute Gasteiger partial charge is 0.497 e. The molecule has 2 aromatic rings. The molecule has 0 aliphatic carbocycles. The first-order valence-corrected chi connectivity index (χ1v) is 6.89. The van der Waals surface area contributed by atoms with Crippen LogP contribution in [0.2, 0.25) is 0 Å². The summed E-state index contributed by atoms with van der Waals surface area (Å²) in [6.07, 6.45) is 0. The Morgan fingerprint density at radius 1 is 1.05 bits per heavy atom. The van der Waals surface area contributed by atoms with Crippen LogP contribution in [0.1, 0.15) is 11.6 Å². The van der Waals surface area contributed by atoms with E-state index in [1.807, 2.05) is 43.4 Å². The number of rotatable bonds is 6. The van der Waals surface area contributed by atoms with E-state index in [9.17, 15) is 0 Å². The second-order valence-electron chi connectivity index (χ2n) is 4.93. The zero-order valence-electron chi connectivity index (χ0n) is 12.7. The average Bonchev–Trinajstić information content (AvgIpc) is 2.54. The third kappa shape index (κ3) is 3.67. The summed E-state index contributed by atoms with van der Waals surface area (Å²) in [5.41, 5.74) is 8.43. The third-order valence-electron chi connectivity index (χ3n) is 3.50. The van der Waals surface area contributed by atoms with Crippen LogP contribution < -0.4 is 20.1 Å². The Bertz CT molecular complexity index is 572. The molecule has 0 aliphatic heterocycles. The van der Waals surface area contributed by atoms with Gasteiger partial charge >= 0.3 is 0 Å². The van der Waals surface area contributed by atoms with Crippen LogP contribution in [-0.2, 0) is 0 Å². The Morgan fingerprint density at radius 3 is 2.38 bits per heavy atom. The van der Waals surface area contributed by atoms with Crippen molar-refractivity contribution in [1.82, 2.24) is 0 Å². The van der Waals surface area contributed by atoms with Crippen molar-refractivity contribution in [2.45, 2.75) is 6.04 Å². The number of benzene rings is 2. The number of hydrogen-bond donors (Lipinski definition) is 1. The molecule has 112 valence electrons. The molecule has 0 bridgehead atoms. The molecule has 0 heterocycles. The molecule has 0 spiro atoms. The summed E-state index contributed by atoms with van der Waals surface area (Å²) < 4.78 is 10.7. The van der Waals surface area contributed by atoms with Gasteiger partial charge in [-0.1, -0.05) is 18.2 Å². The lowest BCUT2D eigenvalue weighted by Crippen LogP contribution is -2.29. The molecule has 0 radical (unpaired) electrons. The normalized spacial score (nSPS) is 11.8. The van der Waals surface area contributed by atoms with Crippen molar-refractivity contribution in [3.8, 4) is 11.5 Å². The summed E-state index contributed by atoms with van der Waals surface area (Å²) in [5, 5.41) is 0. The molecule has 0 aliphatic rings. The van der Waals surface area contributed by atoms with Crippen LogP contribution in [0.3, 0.4) is 0 Å². The monoisotopic (exact) mass is 286 g/mol. The highest BCUT2D eigenvalue weighted by Crippen LogP contribution is 2.29. The van der Waals surface area contributed by atoms with E-state index < -0.39 is 0 Å². The van der Waals surface area contributed by atoms with Gasteiger partial charge in [-0.3, -0.25) is 0 Å². The summed E-state index contributed by atoms with van der Waals surface area (Å²) in [5.74, 6) is 1.56. The van der Waals surface area contributed by atoms with Gasteiger partial charge in [0.2, 0.25) is 0 Å². The molecule has 0 aromatic heterocycles. The molecule has 0 fully saturated rings. The third-order valence-corrected chi connectivity index (χ3v) is 3.50. The van der Waals surface area contributed by atoms with E-state index in [1.54, 1.807) is 14.2 Å². The number of hydrogen-bond acceptors (Lipinski definition) is 4.